The lowest BCUT2D eigenvalue weighted by Crippen LogP contribution is -2.46. The van der Waals surface area contributed by atoms with Crippen LogP contribution in [0.4, 0.5) is 0 Å². The molecule has 2 N–H and O–H groups in total. The highest BCUT2D eigenvalue weighted by Gasteiger charge is 2.29. The SMILES string of the molecule is CC(C)C[C@H](NC(=O)[C@H](c1ccccc1)n1cnc2ccccc2c1=O)C(=O)O. The standard InChI is InChI=1S/C22H23N3O4/c1-14(2)12-18(22(28)29)24-20(26)19(15-8-4-3-5-9-15)25-13-23-17-11-7-6-10-16(17)21(25)27/h3-11,13-14,18-19H,12H2,1-2H3,(H,24,26)(H,28,29)/t18-,19-/m0/s1. The van der Waals surface area contributed by atoms with E-state index in [1.54, 1.807) is 54.6 Å². The number of carboxylic acid groups (broad SMARTS) is 1. The first-order valence-electron chi connectivity index (χ1n) is 9.42. The molecule has 7 nitrogen and oxygen atoms in total. The van der Waals surface area contributed by atoms with Gasteiger partial charge in [-0.25, -0.2) is 9.78 Å². The first-order chi connectivity index (χ1) is 13.9. The smallest absolute Gasteiger partial charge is 0.326 e. The van der Waals surface area contributed by atoms with Gasteiger partial charge in [0.2, 0.25) is 5.91 Å². The van der Waals surface area contributed by atoms with Crippen molar-refractivity contribution in [2.75, 3.05) is 0 Å². The Morgan fingerprint density at radius 3 is 2.38 bits per heavy atom. The predicted molar refractivity (Wildman–Crippen MR) is 110 cm³/mol. The van der Waals surface area contributed by atoms with Crippen LogP contribution in [0.15, 0.2) is 65.7 Å². The number of hydrogen-bond acceptors (Lipinski definition) is 4. The van der Waals surface area contributed by atoms with Gasteiger partial charge in [0.05, 0.1) is 17.2 Å². The van der Waals surface area contributed by atoms with Gasteiger partial charge >= 0.3 is 5.97 Å². The van der Waals surface area contributed by atoms with Gasteiger partial charge in [-0.1, -0.05) is 56.3 Å². The van der Waals surface area contributed by atoms with Crippen LogP contribution in [0.1, 0.15) is 31.9 Å². The van der Waals surface area contributed by atoms with Gasteiger partial charge in [-0.3, -0.25) is 14.2 Å². The van der Waals surface area contributed by atoms with Crippen LogP contribution in [0, 0.1) is 5.92 Å². The molecular weight excluding hydrogens is 370 g/mol. The van der Waals surface area contributed by atoms with E-state index >= 15 is 0 Å². The molecule has 0 saturated carbocycles. The van der Waals surface area contributed by atoms with Gasteiger partial charge in [0, 0.05) is 0 Å². The molecule has 3 rings (SSSR count). The summed E-state index contributed by atoms with van der Waals surface area (Å²) in [4.78, 5) is 42.2. The maximum atomic E-state index is 13.2. The molecule has 0 aliphatic carbocycles. The molecule has 0 aliphatic rings. The topological polar surface area (TPSA) is 101 Å². The van der Waals surface area contributed by atoms with Gasteiger partial charge in [0.15, 0.2) is 0 Å². The quantitative estimate of drug-likeness (QED) is 0.643. The van der Waals surface area contributed by atoms with Crippen LogP contribution in [0.3, 0.4) is 0 Å². The fraction of sp³-hybridized carbons (Fsp3) is 0.273. The summed E-state index contributed by atoms with van der Waals surface area (Å²) in [6.07, 6.45) is 1.62. The average molecular weight is 393 g/mol. The first kappa shape index (κ1) is 20.3. The Balaban J connectivity index is 2.07. The Kier molecular flexibility index (Phi) is 6.07. The number of rotatable bonds is 7. The third-order valence-corrected chi connectivity index (χ3v) is 4.65. The van der Waals surface area contributed by atoms with Gasteiger partial charge in [0.25, 0.3) is 5.56 Å². The lowest BCUT2D eigenvalue weighted by atomic mass is 10.0. The third kappa shape index (κ3) is 4.51. The number of aliphatic carboxylic acids is 1. The summed E-state index contributed by atoms with van der Waals surface area (Å²) in [7, 11) is 0. The van der Waals surface area contributed by atoms with Gasteiger partial charge in [0.1, 0.15) is 12.1 Å². The molecule has 0 fully saturated rings. The van der Waals surface area contributed by atoms with E-state index in [1.807, 2.05) is 13.8 Å². The minimum Gasteiger partial charge on any atom is -0.480 e. The number of amides is 1. The molecule has 0 aliphatic heterocycles. The molecule has 1 aromatic heterocycles. The molecule has 2 atom stereocenters. The van der Waals surface area contributed by atoms with E-state index in [1.165, 1.54) is 10.9 Å². The van der Waals surface area contributed by atoms with Gasteiger partial charge < -0.3 is 10.4 Å². The number of benzene rings is 2. The van der Waals surface area contributed by atoms with Crippen molar-refractivity contribution in [3.63, 3.8) is 0 Å². The normalized spacial score (nSPS) is 13.2. The summed E-state index contributed by atoms with van der Waals surface area (Å²) in [5, 5.41) is 12.5. The van der Waals surface area contributed by atoms with Crippen LogP contribution in [-0.2, 0) is 9.59 Å². The van der Waals surface area contributed by atoms with Gasteiger partial charge in [-0.15, -0.1) is 0 Å². The van der Waals surface area contributed by atoms with Crippen LogP contribution in [0.5, 0.6) is 0 Å². The molecule has 7 heteroatoms. The van der Waals surface area contributed by atoms with E-state index < -0.39 is 24.0 Å². The summed E-state index contributed by atoms with van der Waals surface area (Å²) < 4.78 is 1.25. The van der Waals surface area contributed by atoms with Gasteiger partial charge in [-0.05, 0) is 30.0 Å². The first-order valence-corrected chi connectivity index (χ1v) is 9.42. The number of carbonyl (C=O) groups is 2. The van der Waals surface area contributed by atoms with Crippen molar-refractivity contribution in [1.82, 2.24) is 14.9 Å². The summed E-state index contributed by atoms with van der Waals surface area (Å²) in [5.74, 6) is -1.59. The van der Waals surface area contributed by atoms with Crippen molar-refractivity contribution >= 4 is 22.8 Å². The predicted octanol–water partition coefficient (Wildman–Crippen LogP) is 2.60. The Labute approximate surface area is 168 Å². The summed E-state index contributed by atoms with van der Waals surface area (Å²) in [5.41, 5.74) is 0.734. The van der Waals surface area contributed by atoms with Gasteiger partial charge in [-0.2, -0.15) is 0 Å². The zero-order chi connectivity index (χ0) is 21.0. The van der Waals surface area contributed by atoms with E-state index in [-0.39, 0.29) is 17.9 Å². The molecular formula is C22H23N3O4. The lowest BCUT2D eigenvalue weighted by molar-refractivity contribution is -0.142. The second-order valence-electron chi connectivity index (χ2n) is 7.32. The summed E-state index contributed by atoms with van der Waals surface area (Å²) >= 11 is 0. The minimum atomic E-state index is -1.11. The molecule has 0 saturated heterocycles. The third-order valence-electron chi connectivity index (χ3n) is 4.65. The number of nitrogens with one attached hydrogen (secondary N) is 1. The summed E-state index contributed by atoms with van der Waals surface area (Å²) in [6.45, 7) is 3.77. The van der Waals surface area contributed by atoms with E-state index in [4.69, 9.17) is 0 Å². The molecule has 0 bridgehead atoms. The number of aromatic nitrogens is 2. The van der Waals surface area contributed by atoms with Crippen molar-refractivity contribution in [2.45, 2.75) is 32.4 Å². The molecule has 1 amide bonds. The minimum absolute atomic E-state index is 0.0802. The Bertz CT molecular complexity index is 1080. The van der Waals surface area contributed by atoms with Crippen molar-refractivity contribution in [3.8, 4) is 0 Å². The fourth-order valence-corrected chi connectivity index (χ4v) is 3.28. The molecule has 29 heavy (non-hydrogen) atoms. The number of carbonyl (C=O) groups excluding carboxylic acids is 1. The Hall–Kier alpha value is -3.48. The van der Waals surface area contributed by atoms with Crippen LogP contribution < -0.4 is 10.9 Å². The number of para-hydroxylation sites is 1. The number of carboxylic acids is 1. The Morgan fingerprint density at radius 1 is 1.07 bits per heavy atom. The largest absolute Gasteiger partial charge is 0.480 e. The molecule has 0 unspecified atom stereocenters. The average Bonchev–Trinajstić information content (AvgIpc) is 2.70. The zero-order valence-electron chi connectivity index (χ0n) is 16.3. The van der Waals surface area contributed by atoms with Crippen LogP contribution in [0.25, 0.3) is 10.9 Å². The molecule has 1 heterocycles. The highest BCUT2D eigenvalue weighted by molar-refractivity contribution is 5.88. The van der Waals surface area contributed by atoms with Crippen molar-refractivity contribution in [1.29, 1.82) is 0 Å². The van der Waals surface area contributed by atoms with E-state index in [0.29, 0.717) is 16.5 Å². The highest BCUT2D eigenvalue weighted by atomic mass is 16.4. The molecule has 2 aromatic carbocycles. The highest BCUT2D eigenvalue weighted by Crippen LogP contribution is 2.19. The van der Waals surface area contributed by atoms with Crippen LogP contribution in [-0.4, -0.2) is 32.6 Å². The fourth-order valence-electron chi connectivity index (χ4n) is 3.28. The monoisotopic (exact) mass is 393 g/mol. The number of fused-ring (bicyclic) bond motifs is 1. The van der Waals surface area contributed by atoms with Crippen molar-refractivity contribution < 1.29 is 14.7 Å². The zero-order valence-corrected chi connectivity index (χ0v) is 16.3. The van der Waals surface area contributed by atoms with E-state index in [9.17, 15) is 19.5 Å². The summed E-state index contributed by atoms with van der Waals surface area (Å²) in [6, 6.07) is 13.6. The van der Waals surface area contributed by atoms with Crippen LogP contribution in [0.2, 0.25) is 0 Å². The maximum Gasteiger partial charge on any atom is 0.326 e. The number of nitrogens with zero attached hydrogens (tertiary/aromatic N) is 2. The molecule has 3 aromatic rings. The van der Waals surface area contributed by atoms with E-state index in [0.717, 1.165) is 0 Å². The second kappa shape index (κ2) is 8.68. The van der Waals surface area contributed by atoms with Crippen molar-refractivity contribution in [3.05, 3.63) is 76.8 Å². The van der Waals surface area contributed by atoms with E-state index in [2.05, 4.69) is 10.3 Å². The molecule has 0 radical (unpaired) electrons. The maximum absolute atomic E-state index is 13.2. The Morgan fingerprint density at radius 2 is 1.72 bits per heavy atom. The van der Waals surface area contributed by atoms with Crippen molar-refractivity contribution in [2.24, 2.45) is 5.92 Å². The molecule has 150 valence electrons. The lowest BCUT2D eigenvalue weighted by Gasteiger charge is -2.23. The van der Waals surface area contributed by atoms with Crippen LogP contribution >= 0.6 is 0 Å². The number of hydrogen-bond donors (Lipinski definition) is 2. The molecule has 0 spiro atoms. The second-order valence-corrected chi connectivity index (χ2v) is 7.32.